The van der Waals surface area contributed by atoms with E-state index in [2.05, 4.69) is 4.98 Å². The molecule has 4 rings (SSSR count). The van der Waals surface area contributed by atoms with Gasteiger partial charge in [-0.2, -0.15) is 0 Å². The van der Waals surface area contributed by atoms with Gasteiger partial charge in [0.2, 0.25) is 6.29 Å². The third-order valence-corrected chi connectivity index (χ3v) is 4.53. The summed E-state index contributed by atoms with van der Waals surface area (Å²) < 4.78 is 17.1. The fourth-order valence-corrected chi connectivity index (χ4v) is 3.14. The van der Waals surface area contributed by atoms with Crippen LogP contribution in [0, 0.1) is 0 Å². The molecular weight excluding hydrogens is 354 g/mol. The first-order valence-electron chi connectivity index (χ1n) is 8.67. The number of aliphatic hydroxyl groups excluding tert-OH is 3. The molecule has 4 atom stereocenters. The van der Waals surface area contributed by atoms with Crippen molar-refractivity contribution in [2.75, 3.05) is 6.61 Å². The number of aromatic nitrogens is 1. The zero-order chi connectivity index (χ0) is 19.0. The van der Waals surface area contributed by atoms with Gasteiger partial charge in [-0.05, 0) is 30.7 Å². The van der Waals surface area contributed by atoms with Gasteiger partial charge in [-0.15, -0.1) is 0 Å². The molecule has 0 amide bonds. The lowest BCUT2D eigenvalue weighted by Gasteiger charge is -2.36. The maximum atomic E-state index is 11.5. The van der Waals surface area contributed by atoms with Crippen LogP contribution in [0.15, 0.2) is 45.6 Å². The molecular formula is C19H19NO7. The summed E-state index contributed by atoms with van der Waals surface area (Å²) >= 11 is 0. The van der Waals surface area contributed by atoms with Gasteiger partial charge < -0.3 is 29.2 Å². The summed E-state index contributed by atoms with van der Waals surface area (Å²) in [5, 5.41) is 29.2. The molecule has 1 aromatic rings. The summed E-state index contributed by atoms with van der Waals surface area (Å²) in [6, 6.07) is 9.30. The fraction of sp³-hybridized carbons (Fsp3) is 0.368. The van der Waals surface area contributed by atoms with E-state index in [9.17, 15) is 15.0 Å². The maximum Gasteiger partial charge on any atom is 0.228 e. The predicted molar refractivity (Wildman–Crippen MR) is 94.5 cm³/mol. The molecule has 1 saturated heterocycles. The quantitative estimate of drug-likeness (QED) is 0.577. The molecule has 142 valence electrons. The summed E-state index contributed by atoms with van der Waals surface area (Å²) in [5.74, 6) is 0.714. The molecule has 0 spiro atoms. The molecule has 1 aromatic carbocycles. The lowest BCUT2D eigenvalue weighted by Crippen LogP contribution is -2.51. The van der Waals surface area contributed by atoms with Gasteiger partial charge >= 0.3 is 0 Å². The van der Waals surface area contributed by atoms with Crippen molar-refractivity contribution < 1.29 is 29.2 Å². The first-order chi connectivity index (χ1) is 13.0. The van der Waals surface area contributed by atoms with Gasteiger partial charge in [-0.25, -0.2) is 4.98 Å². The Morgan fingerprint density at radius 3 is 2.85 bits per heavy atom. The molecule has 0 aromatic heterocycles. The first-order valence-corrected chi connectivity index (χ1v) is 8.67. The van der Waals surface area contributed by atoms with E-state index in [4.69, 9.17) is 19.0 Å². The van der Waals surface area contributed by atoms with E-state index in [1.807, 2.05) is 0 Å². The van der Waals surface area contributed by atoms with Crippen LogP contribution in [0.4, 0.5) is 0 Å². The number of ether oxygens (including phenoxy) is 2. The number of hydrogen-bond donors (Lipinski definition) is 3. The van der Waals surface area contributed by atoms with Crippen molar-refractivity contribution in [3.05, 3.63) is 46.6 Å². The highest BCUT2D eigenvalue weighted by molar-refractivity contribution is 5.77. The number of rotatable bonds is 4. The third kappa shape index (κ3) is 3.65. The van der Waals surface area contributed by atoms with Crippen LogP contribution in [0.2, 0.25) is 0 Å². The molecule has 0 radical (unpaired) electrons. The topological polar surface area (TPSA) is 122 Å². The molecule has 0 bridgehead atoms. The SMILES string of the molecule is O=c1ccc2nc3ccc(O[C@@H]4O[C@H](CCO)C[C@H](O)[C@H]4O)cc3oc-2c1. The van der Waals surface area contributed by atoms with E-state index in [1.54, 1.807) is 24.3 Å². The molecule has 3 N–H and O–H groups in total. The monoisotopic (exact) mass is 373 g/mol. The summed E-state index contributed by atoms with van der Waals surface area (Å²) in [5.41, 5.74) is 1.37. The van der Waals surface area contributed by atoms with Crippen molar-refractivity contribution in [3.63, 3.8) is 0 Å². The minimum Gasteiger partial charge on any atom is -0.462 e. The Labute approximate surface area is 153 Å². The summed E-state index contributed by atoms with van der Waals surface area (Å²) in [7, 11) is 0. The first kappa shape index (κ1) is 17.9. The molecule has 0 unspecified atom stereocenters. The smallest absolute Gasteiger partial charge is 0.228 e. The second-order valence-corrected chi connectivity index (χ2v) is 6.52. The molecule has 8 heteroatoms. The van der Waals surface area contributed by atoms with Crippen LogP contribution in [0.1, 0.15) is 12.8 Å². The Kier molecular flexibility index (Phi) is 4.79. The van der Waals surface area contributed by atoms with Gasteiger partial charge in [0.15, 0.2) is 16.8 Å². The molecule has 3 aliphatic rings. The number of nitrogens with zero attached hydrogens (tertiary/aromatic N) is 1. The van der Waals surface area contributed by atoms with Gasteiger partial charge in [0.05, 0.1) is 12.2 Å². The minimum atomic E-state index is -1.22. The van der Waals surface area contributed by atoms with Gasteiger partial charge in [0.25, 0.3) is 0 Å². The molecule has 0 saturated carbocycles. The van der Waals surface area contributed by atoms with Gasteiger partial charge in [0, 0.05) is 25.2 Å². The summed E-state index contributed by atoms with van der Waals surface area (Å²) in [4.78, 5) is 15.9. The van der Waals surface area contributed by atoms with Crippen LogP contribution in [0.25, 0.3) is 22.6 Å². The Morgan fingerprint density at radius 2 is 2.04 bits per heavy atom. The van der Waals surface area contributed by atoms with Gasteiger partial charge in [0.1, 0.15) is 23.1 Å². The molecule has 2 heterocycles. The number of aliphatic hydroxyl groups is 3. The van der Waals surface area contributed by atoms with Crippen LogP contribution >= 0.6 is 0 Å². The lowest BCUT2D eigenvalue weighted by atomic mass is 10.0. The predicted octanol–water partition coefficient (Wildman–Crippen LogP) is 0.891. The largest absolute Gasteiger partial charge is 0.462 e. The average Bonchev–Trinajstić information content (AvgIpc) is 2.64. The molecule has 1 aliphatic carbocycles. The van der Waals surface area contributed by atoms with Crippen molar-refractivity contribution in [3.8, 4) is 17.2 Å². The van der Waals surface area contributed by atoms with E-state index >= 15 is 0 Å². The zero-order valence-corrected chi connectivity index (χ0v) is 14.3. The van der Waals surface area contributed by atoms with Crippen LogP contribution in [0.5, 0.6) is 5.75 Å². The van der Waals surface area contributed by atoms with Crippen molar-refractivity contribution in [2.45, 2.75) is 37.4 Å². The van der Waals surface area contributed by atoms with Crippen LogP contribution in [-0.4, -0.2) is 51.5 Å². The van der Waals surface area contributed by atoms with E-state index in [0.29, 0.717) is 34.7 Å². The van der Waals surface area contributed by atoms with E-state index < -0.39 is 24.6 Å². The molecule has 27 heavy (non-hydrogen) atoms. The molecule has 8 nitrogen and oxygen atoms in total. The van der Waals surface area contributed by atoms with Gasteiger partial charge in [-0.3, -0.25) is 4.79 Å². The highest BCUT2D eigenvalue weighted by Crippen LogP contribution is 2.29. The Bertz CT molecular complexity index is 972. The van der Waals surface area contributed by atoms with E-state index in [-0.39, 0.29) is 18.5 Å². The standard InChI is InChI=1S/C19H19NO7/c21-6-5-12-8-15(23)18(24)19(26-12)25-11-2-4-14-17(9-11)27-16-7-10(22)1-3-13(16)20-14/h1-4,7,9,12,15,18-19,21,23-24H,5-6,8H2/t12-,15+,18-,19-/m1/s1. The van der Waals surface area contributed by atoms with Crippen LogP contribution in [0.3, 0.4) is 0 Å². The second-order valence-electron chi connectivity index (χ2n) is 6.52. The van der Waals surface area contributed by atoms with Crippen molar-refractivity contribution in [1.82, 2.24) is 4.98 Å². The molecule has 1 fully saturated rings. The maximum absolute atomic E-state index is 11.5. The minimum absolute atomic E-state index is 0.0878. The Hall–Kier alpha value is -2.52. The second kappa shape index (κ2) is 7.24. The number of hydrogen-bond acceptors (Lipinski definition) is 8. The van der Waals surface area contributed by atoms with E-state index in [1.165, 1.54) is 12.1 Å². The van der Waals surface area contributed by atoms with E-state index in [0.717, 1.165) is 0 Å². The number of benzene rings is 2. The summed E-state index contributed by atoms with van der Waals surface area (Å²) in [6.07, 6.45) is -3.16. The van der Waals surface area contributed by atoms with Gasteiger partial charge in [-0.1, -0.05) is 0 Å². The average molecular weight is 373 g/mol. The molecule has 2 aliphatic heterocycles. The highest BCUT2D eigenvalue weighted by Gasteiger charge is 2.38. The number of fused-ring (bicyclic) bond motifs is 2. The Morgan fingerprint density at radius 1 is 1.19 bits per heavy atom. The fourth-order valence-electron chi connectivity index (χ4n) is 3.14. The van der Waals surface area contributed by atoms with Crippen molar-refractivity contribution >= 4 is 11.1 Å². The third-order valence-electron chi connectivity index (χ3n) is 4.53. The van der Waals surface area contributed by atoms with Crippen molar-refractivity contribution in [2.24, 2.45) is 0 Å². The zero-order valence-electron chi connectivity index (χ0n) is 14.3. The normalized spacial score (nSPS) is 25.7. The summed E-state index contributed by atoms with van der Waals surface area (Å²) in [6.45, 7) is -0.0878. The highest BCUT2D eigenvalue weighted by atomic mass is 16.7. The van der Waals surface area contributed by atoms with Crippen LogP contribution in [-0.2, 0) is 4.74 Å². The Balaban J connectivity index is 1.62. The lowest BCUT2D eigenvalue weighted by molar-refractivity contribution is -0.237. The van der Waals surface area contributed by atoms with Crippen molar-refractivity contribution in [1.29, 1.82) is 0 Å². The van der Waals surface area contributed by atoms with Crippen LogP contribution < -0.4 is 10.2 Å².